The van der Waals surface area contributed by atoms with Gasteiger partial charge < -0.3 is 9.15 Å². The number of benzene rings is 1. The third-order valence-corrected chi connectivity index (χ3v) is 2.25. The Kier molecular flexibility index (Phi) is 2.77. The first-order chi connectivity index (χ1) is 7.70. The first-order valence-corrected chi connectivity index (χ1v) is 4.99. The maximum Gasteiger partial charge on any atom is 0.339 e. The maximum absolute atomic E-state index is 11.3. The Balaban J connectivity index is 2.49. The molecule has 0 atom stereocenters. The molecule has 1 aromatic heterocycles. The molecule has 3 nitrogen and oxygen atoms in total. The second kappa shape index (κ2) is 4.23. The van der Waals surface area contributed by atoms with Gasteiger partial charge in [-0.15, -0.1) is 0 Å². The molecule has 0 spiro atoms. The Morgan fingerprint density at radius 1 is 1.44 bits per heavy atom. The number of ether oxygens (including phenoxy) is 1. The first-order valence-electron chi connectivity index (χ1n) is 4.99. The fourth-order valence-corrected chi connectivity index (χ4v) is 1.44. The normalized spacial score (nSPS) is 10.3. The summed E-state index contributed by atoms with van der Waals surface area (Å²) in [4.78, 5) is 11.3. The van der Waals surface area contributed by atoms with E-state index >= 15 is 0 Å². The van der Waals surface area contributed by atoms with Gasteiger partial charge in [0.25, 0.3) is 0 Å². The Morgan fingerprint density at radius 2 is 2.25 bits per heavy atom. The van der Waals surface area contributed by atoms with Crippen molar-refractivity contribution in [1.82, 2.24) is 0 Å². The second-order valence-corrected chi connectivity index (χ2v) is 3.52. The summed E-state index contributed by atoms with van der Waals surface area (Å²) in [7, 11) is 0. The standard InChI is InChI=1S/C13H12O3/c1-3-6-15-11-5-4-10-7-9(2)13(14)16-12(10)8-11/h3-5,7-8H,1,6H2,2H3. The van der Waals surface area contributed by atoms with Gasteiger partial charge in [-0.25, -0.2) is 4.79 Å². The van der Waals surface area contributed by atoms with Crippen LogP contribution in [0.3, 0.4) is 0 Å². The van der Waals surface area contributed by atoms with Crippen molar-refractivity contribution in [3.05, 3.63) is 52.9 Å². The Hall–Kier alpha value is -2.03. The lowest BCUT2D eigenvalue weighted by Crippen LogP contribution is -2.02. The summed E-state index contributed by atoms with van der Waals surface area (Å²) in [5, 5.41) is 0.892. The molecule has 1 aromatic carbocycles. The average Bonchev–Trinajstić information content (AvgIpc) is 2.28. The average molecular weight is 216 g/mol. The van der Waals surface area contributed by atoms with Crippen molar-refractivity contribution in [1.29, 1.82) is 0 Å². The molecule has 16 heavy (non-hydrogen) atoms. The summed E-state index contributed by atoms with van der Waals surface area (Å²) in [5.74, 6) is 0.666. The fourth-order valence-electron chi connectivity index (χ4n) is 1.44. The van der Waals surface area contributed by atoms with Crippen LogP contribution in [0.5, 0.6) is 5.75 Å². The highest BCUT2D eigenvalue weighted by Crippen LogP contribution is 2.20. The first kappa shape index (κ1) is 10.5. The predicted octanol–water partition coefficient (Wildman–Crippen LogP) is 2.67. The summed E-state index contributed by atoms with van der Waals surface area (Å²) < 4.78 is 10.5. The van der Waals surface area contributed by atoms with Crippen LogP contribution in [0.4, 0.5) is 0 Å². The number of hydrogen-bond acceptors (Lipinski definition) is 3. The van der Waals surface area contributed by atoms with E-state index in [0.717, 1.165) is 5.39 Å². The van der Waals surface area contributed by atoms with Gasteiger partial charge in [-0.3, -0.25) is 0 Å². The zero-order chi connectivity index (χ0) is 11.5. The van der Waals surface area contributed by atoms with Crippen LogP contribution in [0, 0.1) is 6.92 Å². The van der Waals surface area contributed by atoms with Gasteiger partial charge in [0.1, 0.15) is 17.9 Å². The number of aryl methyl sites for hydroxylation is 1. The zero-order valence-electron chi connectivity index (χ0n) is 9.03. The third kappa shape index (κ3) is 1.98. The van der Waals surface area contributed by atoms with Crippen LogP contribution in [0.1, 0.15) is 5.56 Å². The van der Waals surface area contributed by atoms with Crippen LogP contribution < -0.4 is 10.4 Å². The molecule has 0 aliphatic heterocycles. The summed E-state index contributed by atoms with van der Waals surface area (Å²) >= 11 is 0. The minimum atomic E-state index is -0.312. The van der Waals surface area contributed by atoms with Crippen molar-refractivity contribution >= 4 is 11.0 Å². The van der Waals surface area contributed by atoms with Crippen molar-refractivity contribution < 1.29 is 9.15 Å². The molecule has 2 aromatic rings. The summed E-state index contributed by atoms with van der Waals surface area (Å²) in [6.07, 6.45) is 1.66. The molecule has 0 saturated carbocycles. The SMILES string of the molecule is C=CCOc1ccc2cc(C)c(=O)oc2c1. The van der Waals surface area contributed by atoms with Crippen LogP contribution in [-0.4, -0.2) is 6.61 Å². The summed E-state index contributed by atoms with van der Waals surface area (Å²) in [6.45, 7) is 5.73. The van der Waals surface area contributed by atoms with Gasteiger partial charge in [-0.1, -0.05) is 12.7 Å². The van der Waals surface area contributed by atoms with Crippen LogP contribution in [0.2, 0.25) is 0 Å². The van der Waals surface area contributed by atoms with E-state index in [0.29, 0.717) is 23.5 Å². The van der Waals surface area contributed by atoms with Gasteiger partial charge in [0, 0.05) is 17.0 Å². The van der Waals surface area contributed by atoms with Crippen LogP contribution in [0.25, 0.3) is 11.0 Å². The number of fused-ring (bicyclic) bond motifs is 1. The van der Waals surface area contributed by atoms with E-state index < -0.39 is 0 Å². The smallest absolute Gasteiger partial charge is 0.339 e. The van der Waals surface area contributed by atoms with Crippen molar-refractivity contribution in [3.8, 4) is 5.75 Å². The largest absolute Gasteiger partial charge is 0.489 e. The molecular formula is C13H12O3. The highest BCUT2D eigenvalue weighted by atomic mass is 16.5. The van der Waals surface area contributed by atoms with Crippen LogP contribution in [0.15, 0.2) is 46.1 Å². The van der Waals surface area contributed by atoms with Gasteiger partial charge >= 0.3 is 5.63 Å². The van der Waals surface area contributed by atoms with E-state index in [1.165, 1.54) is 0 Å². The minimum Gasteiger partial charge on any atom is -0.489 e. The predicted molar refractivity (Wildman–Crippen MR) is 62.9 cm³/mol. The van der Waals surface area contributed by atoms with Crippen molar-refractivity contribution in [2.45, 2.75) is 6.92 Å². The molecule has 0 fully saturated rings. The van der Waals surface area contributed by atoms with E-state index in [1.54, 1.807) is 25.1 Å². The molecule has 0 unspecified atom stereocenters. The number of hydrogen-bond donors (Lipinski definition) is 0. The molecule has 1 heterocycles. The molecule has 2 rings (SSSR count). The molecule has 82 valence electrons. The zero-order valence-corrected chi connectivity index (χ0v) is 9.03. The van der Waals surface area contributed by atoms with Gasteiger partial charge in [0.2, 0.25) is 0 Å². The Morgan fingerprint density at radius 3 is 3.00 bits per heavy atom. The maximum atomic E-state index is 11.3. The highest BCUT2D eigenvalue weighted by Gasteiger charge is 2.02. The molecule has 3 heteroatoms. The third-order valence-electron chi connectivity index (χ3n) is 2.25. The van der Waals surface area contributed by atoms with Gasteiger partial charge in [0.15, 0.2) is 0 Å². The lowest BCUT2D eigenvalue weighted by atomic mass is 10.2. The van der Waals surface area contributed by atoms with E-state index in [1.807, 2.05) is 12.1 Å². The van der Waals surface area contributed by atoms with Crippen LogP contribution in [-0.2, 0) is 0 Å². The molecule has 0 saturated heterocycles. The molecule has 0 radical (unpaired) electrons. The fraction of sp³-hybridized carbons (Fsp3) is 0.154. The van der Waals surface area contributed by atoms with Gasteiger partial charge in [-0.2, -0.15) is 0 Å². The summed E-state index contributed by atoms with van der Waals surface area (Å²) in [5.41, 5.74) is 0.831. The van der Waals surface area contributed by atoms with Crippen LogP contribution >= 0.6 is 0 Å². The minimum absolute atomic E-state index is 0.312. The lowest BCUT2D eigenvalue weighted by molar-refractivity contribution is 0.363. The van der Waals surface area contributed by atoms with Gasteiger partial charge in [0.05, 0.1) is 0 Å². The van der Waals surface area contributed by atoms with E-state index in [2.05, 4.69) is 6.58 Å². The van der Waals surface area contributed by atoms with Crippen molar-refractivity contribution in [2.75, 3.05) is 6.61 Å². The Bertz CT molecular complexity index is 581. The van der Waals surface area contributed by atoms with E-state index in [9.17, 15) is 4.79 Å². The molecule has 0 bridgehead atoms. The molecule has 0 N–H and O–H groups in total. The molecule has 0 amide bonds. The number of rotatable bonds is 3. The molecule has 0 aliphatic carbocycles. The highest BCUT2D eigenvalue weighted by molar-refractivity contribution is 5.78. The molecular weight excluding hydrogens is 204 g/mol. The summed E-state index contributed by atoms with van der Waals surface area (Å²) in [6, 6.07) is 7.22. The lowest BCUT2D eigenvalue weighted by Gasteiger charge is -2.04. The topological polar surface area (TPSA) is 39.4 Å². The quantitative estimate of drug-likeness (QED) is 0.585. The van der Waals surface area contributed by atoms with Gasteiger partial charge in [-0.05, 0) is 25.1 Å². The van der Waals surface area contributed by atoms with Crippen molar-refractivity contribution in [2.24, 2.45) is 0 Å². The van der Waals surface area contributed by atoms with Crippen molar-refractivity contribution in [3.63, 3.8) is 0 Å². The van der Waals surface area contributed by atoms with E-state index in [4.69, 9.17) is 9.15 Å². The Labute approximate surface area is 93.0 Å². The molecule has 0 aliphatic rings. The van der Waals surface area contributed by atoms with E-state index in [-0.39, 0.29) is 5.63 Å². The second-order valence-electron chi connectivity index (χ2n) is 3.52. The monoisotopic (exact) mass is 216 g/mol.